The summed E-state index contributed by atoms with van der Waals surface area (Å²) in [5.41, 5.74) is -2.98. The number of aryl methyl sites for hydroxylation is 1. The van der Waals surface area contributed by atoms with Gasteiger partial charge in [0, 0.05) is 0 Å². The van der Waals surface area contributed by atoms with Crippen LogP contribution in [0.1, 0.15) is 16.1 Å². The molecule has 0 aromatic carbocycles. The molecule has 2 aliphatic rings. The van der Waals surface area contributed by atoms with Gasteiger partial charge in [0.2, 0.25) is 5.71 Å². The number of nitrogens with zero attached hydrogens (tertiary/aromatic N) is 3. The first-order valence-corrected chi connectivity index (χ1v) is 12.5. The van der Waals surface area contributed by atoms with Crippen LogP contribution >= 0.6 is 0 Å². The van der Waals surface area contributed by atoms with Crippen molar-refractivity contribution in [1.29, 1.82) is 0 Å². The second-order valence-corrected chi connectivity index (χ2v) is 10.5. The maximum absolute atomic E-state index is 12.6. The summed E-state index contributed by atoms with van der Waals surface area (Å²) in [6.45, 7) is -0.970. The molecule has 0 aliphatic carbocycles. The number of hydrogen-bond acceptors (Lipinski definition) is 9. The van der Waals surface area contributed by atoms with Gasteiger partial charge in [-0.05, 0) is 12.2 Å². The molecule has 1 spiro atoms. The molecule has 3 heterocycles. The van der Waals surface area contributed by atoms with Gasteiger partial charge in [0.15, 0.2) is 12.2 Å². The van der Waals surface area contributed by atoms with E-state index in [0.29, 0.717) is 4.68 Å². The molecule has 1 saturated heterocycles. The highest BCUT2D eigenvalue weighted by atomic mass is 32.2. The van der Waals surface area contributed by atoms with E-state index in [1.54, 1.807) is 0 Å². The Labute approximate surface area is 195 Å². The van der Waals surface area contributed by atoms with Crippen LogP contribution in [0.3, 0.4) is 0 Å². The minimum absolute atomic E-state index is 0.362. The van der Waals surface area contributed by atoms with E-state index in [-0.39, 0.29) is 5.56 Å². The van der Waals surface area contributed by atoms with Crippen molar-refractivity contribution in [2.75, 3.05) is 12.3 Å². The number of carbonyl (C=O) groups is 3. The van der Waals surface area contributed by atoms with Gasteiger partial charge in [-0.15, -0.1) is 4.59 Å². The van der Waals surface area contributed by atoms with Crippen LogP contribution in [0.2, 0.25) is 0 Å². The first-order chi connectivity index (χ1) is 16.1. The third-order valence-corrected chi connectivity index (χ3v) is 6.85. The first-order valence-electron chi connectivity index (χ1n) is 9.37. The summed E-state index contributed by atoms with van der Waals surface area (Å²) in [6, 6.07) is 0. The number of nitrogens with one attached hydrogen (secondary N) is 1. The Morgan fingerprint density at radius 1 is 1.09 bits per heavy atom. The van der Waals surface area contributed by atoms with Gasteiger partial charge in [-0.1, -0.05) is 23.3 Å². The quantitative estimate of drug-likeness (QED) is 0.0781. The molecular formula is C17H17N4O12S2+. The standard InChI is InChI=1S/C17H16N4O12S2/c22-14-9(12(16(24)25)18-20(14)6-7-34(28,29)30)4-2-1-3-5-10-13(17(26)27)19-21(15(10)23)8-11(21)35(31,32)33/h1-5,11H,6-8H2,(H4-,18,19,22,23,24,25,26,27,28,29,30,31,32,33)/p+1. The Morgan fingerprint density at radius 3 is 2.26 bits per heavy atom. The van der Waals surface area contributed by atoms with E-state index in [1.165, 1.54) is 12.2 Å². The number of H-pyrrole nitrogens is 1. The number of aromatic amines is 1. The highest BCUT2D eigenvalue weighted by Gasteiger charge is 2.74. The zero-order chi connectivity index (χ0) is 26.3. The van der Waals surface area contributed by atoms with Crippen LogP contribution in [-0.4, -0.2) is 91.8 Å². The monoisotopic (exact) mass is 533 g/mol. The van der Waals surface area contributed by atoms with E-state index in [2.05, 4.69) is 10.2 Å². The van der Waals surface area contributed by atoms with Gasteiger partial charge in [-0.3, -0.25) is 23.7 Å². The van der Waals surface area contributed by atoms with E-state index in [0.717, 1.165) is 18.2 Å². The molecule has 0 radical (unpaired) electrons. The number of amides is 1. The average Bonchev–Trinajstić information content (AvgIpc) is 3.30. The number of rotatable bonds is 9. The summed E-state index contributed by atoms with van der Waals surface area (Å²) in [7, 11) is -9.06. The molecule has 16 nitrogen and oxygen atoms in total. The van der Waals surface area contributed by atoms with Crippen molar-refractivity contribution in [3.63, 3.8) is 0 Å². The predicted molar refractivity (Wildman–Crippen MR) is 115 cm³/mol. The van der Waals surface area contributed by atoms with Gasteiger partial charge < -0.3 is 10.2 Å². The zero-order valence-corrected chi connectivity index (χ0v) is 18.9. The molecule has 188 valence electrons. The molecule has 3 rings (SSSR count). The van der Waals surface area contributed by atoms with Crippen molar-refractivity contribution in [3.05, 3.63) is 51.5 Å². The van der Waals surface area contributed by atoms with E-state index >= 15 is 0 Å². The van der Waals surface area contributed by atoms with Crippen LogP contribution in [-0.2, 0) is 36.4 Å². The van der Waals surface area contributed by atoms with Crippen molar-refractivity contribution in [2.24, 2.45) is 5.10 Å². The largest absolute Gasteiger partial charge is 0.477 e. The van der Waals surface area contributed by atoms with Gasteiger partial charge in [0.25, 0.3) is 21.1 Å². The van der Waals surface area contributed by atoms with E-state index in [9.17, 15) is 46.2 Å². The Bertz CT molecular complexity index is 1520. The van der Waals surface area contributed by atoms with Crippen molar-refractivity contribution >= 4 is 49.9 Å². The van der Waals surface area contributed by atoms with E-state index in [4.69, 9.17) is 9.11 Å². The number of aliphatic carboxylic acids is 1. The molecular weight excluding hydrogens is 516 g/mol. The highest BCUT2D eigenvalue weighted by molar-refractivity contribution is 7.86. The molecule has 2 aliphatic heterocycles. The molecule has 1 fully saturated rings. The van der Waals surface area contributed by atoms with Crippen molar-refractivity contribution in [2.45, 2.75) is 11.9 Å². The summed E-state index contributed by atoms with van der Waals surface area (Å²) in [4.78, 5) is 47.7. The molecule has 2 unspecified atom stereocenters. The van der Waals surface area contributed by atoms with Crippen LogP contribution in [0.4, 0.5) is 0 Å². The highest BCUT2D eigenvalue weighted by Crippen LogP contribution is 2.42. The second kappa shape index (κ2) is 8.82. The Kier molecular flexibility index (Phi) is 6.53. The van der Waals surface area contributed by atoms with Crippen LogP contribution in [0.25, 0.3) is 6.08 Å². The van der Waals surface area contributed by atoms with Crippen molar-refractivity contribution in [3.8, 4) is 0 Å². The average molecular weight is 533 g/mol. The Balaban J connectivity index is 1.84. The van der Waals surface area contributed by atoms with Crippen LogP contribution in [0.15, 0.2) is 39.8 Å². The fourth-order valence-electron chi connectivity index (χ4n) is 3.27. The molecule has 1 amide bonds. The van der Waals surface area contributed by atoms with Crippen molar-refractivity contribution < 1.29 is 55.1 Å². The number of allylic oxidation sites excluding steroid dienone is 4. The number of aromatic nitrogens is 2. The summed E-state index contributed by atoms with van der Waals surface area (Å²) in [5, 5.41) is 22.8. The number of quaternary nitrogens is 1. The fourth-order valence-corrected chi connectivity index (χ4v) is 4.68. The molecule has 0 saturated carbocycles. The third kappa shape index (κ3) is 5.20. The summed E-state index contributed by atoms with van der Waals surface area (Å²) >= 11 is 0. The molecule has 1 aromatic rings. The minimum atomic E-state index is -4.65. The predicted octanol–water partition coefficient (Wildman–Crippen LogP) is -1.72. The summed E-state index contributed by atoms with van der Waals surface area (Å²) in [5.74, 6) is -4.94. The van der Waals surface area contributed by atoms with E-state index < -0.39 is 89.4 Å². The van der Waals surface area contributed by atoms with E-state index in [1.807, 2.05) is 0 Å². The molecule has 2 atom stereocenters. The summed E-state index contributed by atoms with van der Waals surface area (Å²) in [6.07, 6.45) is 5.59. The molecule has 35 heavy (non-hydrogen) atoms. The third-order valence-electron chi connectivity index (χ3n) is 4.97. The number of carboxylic acids is 2. The lowest BCUT2D eigenvalue weighted by atomic mass is 10.1. The normalized spacial score (nSPS) is 23.6. The van der Waals surface area contributed by atoms with Gasteiger partial charge in [0.1, 0.15) is 5.57 Å². The Hall–Kier alpha value is -3.71. The Morgan fingerprint density at radius 2 is 1.74 bits per heavy atom. The van der Waals surface area contributed by atoms with Crippen LogP contribution < -0.4 is 5.56 Å². The van der Waals surface area contributed by atoms with Gasteiger partial charge in [0.05, 0.1) is 17.9 Å². The lowest BCUT2D eigenvalue weighted by Crippen LogP contribution is -2.30. The number of carboxylic acid groups (broad SMARTS) is 2. The van der Waals surface area contributed by atoms with Gasteiger partial charge >= 0.3 is 28.0 Å². The minimum Gasteiger partial charge on any atom is -0.477 e. The van der Waals surface area contributed by atoms with Gasteiger partial charge in [-0.2, -0.15) is 16.8 Å². The lowest BCUT2D eigenvalue weighted by Gasteiger charge is -2.01. The fraction of sp³-hybridized carbons (Fsp3) is 0.235. The summed E-state index contributed by atoms with van der Waals surface area (Å²) < 4.78 is 61.9. The van der Waals surface area contributed by atoms with Gasteiger partial charge in [-0.25, -0.2) is 14.4 Å². The number of aromatic carboxylic acids is 1. The van der Waals surface area contributed by atoms with Crippen LogP contribution in [0.5, 0.6) is 0 Å². The topological polar surface area (TPSA) is 251 Å². The second-order valence-electron chi connectivity index (χ2n) is 7.31. The molecule has 5 N–H and O–H groups in total. The SMILES string of the molecule is O=C(O)C1=N[N+]2(CC2S(=O)(=O)O)C(=O)/C1=C\C=CC=Cc1c(C(=O)O)[nH]n(CCS(=O)(=O)O)c1=O. The maximum atomic E-state index is 12.6. The molecule has 0 bridgehead atoms. The zero-order valence-electron chi connectivity index (χ0n) is 17.3. The van der Waals surface area contributed by atoms with Crippen molar-refractivity contribution in [1.82, 2.24) is 9.78 Å². The van der Waals surface area contributed by atoms with Crippen LogP contribution in [0, 0.1) is 0 Å². The number of hydrogen-bond donors (Lipinski definition) is 5. The lowest BCUT2D eigenvalue weighted by molar-refractivity contribution is -0.726. The maximum Gasteiger partial charge on any atom is 0.376 e. The molecule has 18 heteroatoms. The molecule has 1 aromatic heterocycles. The smallest absolute Gasteiger partial charge is 0.376 e. The number of carbonyl (C=O) groups excluding carboxylic acids is 1. The first kappa shape index (κ1) is 25.9.